The van der Waals surface area contributed by atoms with E-state index in [0.29, 0.717) is 6.10 Å². The molecule has 1 aliphatic carbocycles. The standard InChI is InChI=1S/C10H20O2/c1-3-8-11-9(2)12-10-6-4-5-7-10/h9-10H,3-8H2,1-2H3. The number of hydrogen-bond donors (Lipinski definition) is 0. The lowest BCUT2D eigenvalue weighted by Crippen LogP contribution is -2.20. The minimum Gasteiger partial charge on any atom is -0.353 e. The SMILES string of the molecule is CCCOC(C)OC1CCCC1. The van der Waals surface area contributed by atoms with Crippen molar-refractivity contribution in [2.45, 2.75) is 58.3 Å². The molecule has 1 atom stereocenters. The van der Waals surface area contributed by atoms with Crippen molar-refractivity contribution in [3.8, 4) is 0 Å². The fraction of sp³-hybridized carbons (Fsp3) is 1.00. The van der Waals surface area contributed by atoms with Gasteiger partial charge in [-0.15, -0.1) is 0 Å². The predicted octanol–water partition coefficient (Wildman–Crippen LogP) is 2.72. The maximum absolute atomic E-state index is 5.69. The van der Waals surface area contributed by atoms with Gasteiger partial charge in [0.25, 0.3) is 0 Å². The summed E-state index contributed by atoms with van der Waals surface area (Å²) in [6.45, 7) is 4.92. The van der Waals surface area contributed by atoms with Crippen LogP contribution in [0.15, 0.2) is 0 Å². The molecule has 72 valence electrons. The zero-order valence-electron chi connectivity index (χ0n) is 8.21. The lowest BCUT2D eigenvalue weighted by molar-refractivity contribution is -0.157. The van der Waals surface area contributed by atoms with Crippen LogP contribution in [0.3, 0.4) is 0 Å². The van der Waals surface area contributed by atoms with Gasteiger partial charge in [-0.3, -0.25) is 0 Å². The quantitative estimate of drug-likeness (QED) is 0.594. The van der Waals surface area contributed by atoms with Crippen molar-refractivity contribution >= 4 is 0 Å². The second-order valence-corrected chi connectivity index (χ2v) is 3.48. The summed E-state index contributed by atoms with van der Waals surface area (Å²) in [4.78, 5) is 0. The number of hydrogen-bond acceptors (Lipinski definition) is 2. The minimum absolute atomic E-state index is 0.00644. The summed E-state index contributed by atoms with van der Waals surface area (Å²) in [5, 5.41) is 0. The van der Waals surface area contributed by atoms with Gasteiger partial charge < -0.3 is 9.47 Å². The second-order valence-electron chi connectivity index (χ2n) is 3.48. The summed E-state index contributed by atoms with van der Waals surface area (Å²) in [7, 11) is 0. The normalized spacial score (nSPS) is 21.5. The average Bonchev–Trinajstić information content (AvgIpc) is 2.53. The fourth-order valence-electron chi connectivity index (χ4n) is 1.62. The van der Waals surface area contributed by atoms with Crippen molar-refractivity contribution in [1.82, 2.24) is 0 Å². The van der Waals surface area contributed by atoms with Gasteiger partial charge in [-0.05, 0) is 26.2 Å². The molecule has 1 unspecified atom stereocenters. The van der Waals surface area contributed by atoms with Crippen molar-refractivity contribution < 1.29 is 9.47 Å². The van der Waals surface area contributed by atoms with E-state index in [0.717, 1.165) is 13.0 Å². The molecule has 0 heterocycles. The van der Waals surface area contributed by atoms with E-state index in [4.69, 9.17) is 9.47 Å². The summed E-state index contributed by atoms with van der Waals surface area (Å²) >= 11 is 0. The van der Waals surface area contributed by atoms with Crippen LogP contribution >= 0.6 is 0 Å². The highest BCUT2D eigenvalue weighted by Gasteiger charge is 2.17. The van der Waals surface area contributed by atoms with Crippen LogP contribution in [0.1, 0.15) is 46.0 Å². The Bertz CT molecular complexity index is 108. The summed E-state index contributed by atoms with van der Waals surface area (Å²) in [6, 6.07) is 0. The molecular formula is C10H20O2. The smallest absolute Gasteiger partial charge is 0.155 e. The zero-order valence-corrected chi connectivity index (χ0v) is 8.21. The van der Waals surface area contributed by atoms with Gasteiger partial charge in [-0.1, -0.05) is 19.8 Å². The maximum atomic E-state index is 5.69. The Hall–Kier alpha value is -0.0800. The van der Waals surface area contributed by atoms with Crippen molar-refractivity contribution in [2.75, 3.05) is 6.61 Å². The molecule has 0 aromatic rings. The molecule has 0 bridgehead atoms. The van der Waals surface area contributed by atoms with E-state index >= 15 is 0 Å². The van der Waals surface area contributed by atoms with Gasteiger partial charge >= 0.3 is 0 Å². The third-order valence-electron chi connectivity index (χ3n) is 2.24. The lowest BCUT2D eigenvalue weighted by atomic mass is 10.3. The molecule has 0 radical (unpaired) electrons. The Morgan fingerprint density at radius 2 is 2.00 bits per heavy atom. The predicted molar refractivity (Wildman–Crippen MR) is 49.0 cm³/mol. The van der Waals surface area contributed by atoms with Gasteiger partial charge in [0.15, 0.2) is 6.29 Å². The van der Waals surface area contributed by atoms with Crippen LogP contribution in [0, 0.1) is 0 Å². The maximum Gasteiger partial charge on any atom is 0.155 e. The van der Waals surface area contributed by atoms with Crippen molar-refractivity contribution in [1.29, 1.82) is 0 Å². The molecule has 2 heteroatoms. The number of ether oxygens (including phenoxy) is 2. The van der Waals surface area contributed by atoms with Crippen LogP contribution in [0.5, 0.6) is 0 Å². The molecule has 2 nitrogen and oxygen atoms in total. The summed E-state index contributed by atoms with van der Waals surface area (Å²) in [5.41, 5.74) is 0. The van der Waals surface area contributed by atoms with E-state index in [-0.39, 0.29) is 6.29 Å². The monoisotopic (exact) mass is 172 g/mol. The summed E-state index contributed by atoms with van der Waals surface area (Å²) in [6.07, 6.45) is 6.62. The Balaban J connectivity index is 2.03. The molecule has 1 saturated carbocycles. The highest BCUT2D eigenvalue weighted by molar-refractivity contribution is 4.66. The molecular weight excluding hydrogens is 152 g/mol. The number of rotatable bonds is 5. The van der Waals surface area contributed by atoms with E-state index in [1.54, 1.807) is 0 Å². The van der Waals surface area contributed by atoms with Gasteiger partial charge in [-0.2, -0.15) is 0 Å². The molecule has 1 aliphatic rings. The van der Waals surface area contributed by atoms with E-state index in [9.17, 15) is 0 Å². The van der Waals surface area contributed by atoms with Gasteiger partial charge in [0.2, 0.25) is 0 Å². The third-order valence-corrected chi connectivity index (χ3v) is 2.24. The zero-order chi connectivity index (χ0) is 8.81. The van der Waals surface area contributed by atoms with Crippen molar-refractivity contribution in [3.63, 3.8) is 0 Å². The third kappa shape index (κ3) is 3.55. The Morgan fingerprint density at radius 1 is 1.33 bits per heavy atom. The van der Waals surface area contributed by atoms with Gasteiger partial charge in [0.1, 0.15) is 0 Å². The van der Waals surface area contributed by atoms with Crippen LogP contribution < -0.4 is 0 Å². The molecule has 12 heavy (non-hydrogen) atoms. The highest BCUT2D eigenvalue weighted by atomic mass is 16.7. The summed E-state index contributed by atoms with van der Waals surface area (Å²) < 4.78 is 11.1. The summed E-state index contributed by atoms with van der Waals surface area (Å²) in [5.74, 6) is 0. The first-order valence-corrected chi connectivity index (χ1v) is 5.10. The Morgan fingerprint density at radius 3 is 2.58 bits per heavy atom. The van der Waals surface area contributed by atoms with Crippen LogP contribution in [0.25, 0.3) is 0 Å². The largest absolute Gasteiger partial charge is 0.353 e. The van der Waals surface area contributed by atoms with Gasteiger partial charge in [0, 0.05) is 6.61 Å². The van der Waals surface area contributed by atoms with E-state index in [1.807, 2.05) is 6.92 Å². The molecule has 0 aromatic heterocycles. The molecule has 1 fully saturated rings. The van der Waals surface area contributed by atoms with E-state index < -0.39 is 0 Å². The molecule has 0 saturated heterocycles. The molecule has 1 rings (SSSR count). The van der Waals surface area contributed by atoms with Crippen molar-refractivity contribution in [2.24, 2.45) is 0 Å². The van der Waals surface area contributed by atoms with Crippen LogP contribution in [-0.4, -0.2) is 19.0 Å². The highest BCUT2D eigenvalue weighted by Crippen LogP contribution is 2.22. The van der Waals surface area contributed by atoms with Crippen molar-refractivity contribution in [3.05, 3.63) is 0 Å². The molecule has 0 aliphatic heterocycles. The molecule has 0 amide bonds. The van der Waals surface area contributed by atoms with Crippen LogP contribution in [0.4, 0.5) is 0 Å². The minimum atomic E-state index is -0.00644. The first-order valence-electron chi connectivity index (χ1n) is 5.10. The molecule has 0 aromatic carbocycles. The molecule has 0 spiro atoms. The molecule has 0 N–H and O–H groups in total. The first-order chi connectivity index (χ1) is 5.83. The fourth-order valence-corrected chi connectivity index (χ4v) is 1.62. The van der Waals surface area contributed by atoms with Gasteiger partial charge in [-0.25, -0.2) is 0 Å². The van der Waals surface area contributed by atoms with E-state index in [1.165, 1.54) is 25.7 Å². The Labute approximate surface area is 75.2 Å². The first kappa shape index (κ1) is 10.0. The van der Waals surface area contributed by atoms with Crippen LogP contribution in [-0.2, 0) is 9.47 Å². The average molecular weight is 172 g/mol. The van der Waals surface area contributed by atoms with Crippen LogP contribution in [0.2, 0.25) is 0 Å². The second kappa shape index (κ2) is 5.55. The topological polar surface area (TPSA) is 18.5 Å². The van der Waals surface area contributed by atoms with E-state index in [2.05, 4.69) is 6.92 Å². The van der Waals surface area contributed by atoms with Gasteiger partial charge in [0.05, 0.1) is 6.10 Å². The lowest BCUT2D eigenvalue weighted by Gasteiger charge is -2.18. The Kier molecular flexibility index (Phi) is 4.62.